The van der Waals surface area contributed by atoms with Crippen LogP contribution in [-0.2, 0) is 11.3 Å². The van der Waals surface area contributed by atoms with Crippen molar-refractivity contribution in [1.82, 2.24) is 4.90 Å². The van der Waals surface area contributed by atoms with Crippen LogP contribution in [0.5, 0.6) is 0 Å². The predicted octanol–water partition coefficient (Wildman–Crippen LogP) is 2.73. The molecule has 0 spiro atoms. The molecule has 19 heavy (non-hydrogen) atoms. The molecule has 3 unspecified atom stereocenters. The Morgan fingerprint density at radius 1 is 1.26 bits per heavy atom. The van der Waals surface area contributed by atoms with Gasteiger partial charge in [-0.15, -0.1) is 0 Å². The molecule has 2 heterocycles. The Kier molecular flexibility index (Phi) is 4.04. The molecule has 0 radical (unpaired) electrons. The highest BCUT2D eigenvalue weighted by molar-refractivity contribution is 5.51. The van der Waals surface area contributed by atoms with Crippen LogP contribution in [0.1, 0.15) is 25.3 Å². The molecule has 2 saturated heterocycles. The molecule has 3 heteroatoms. The highest BCUT2D eigenvalue weighted by Gasteiger charge is 2.34. The second-order valence-electron chi connectivity index (χ2n) is 5.68. The van der Waals surface area contributed by atoms with Gasteiger partial charge in [-0.3, -0.25) is 0 Å². The molecule has 104 valence electrons. The minimum Gasteiger partial charge on any atom is -0.382 e. The van der Waals surface area contributed by atoms with Gasteiger partial charge in [-0.25, -0.2) is 0 Å². The number of rotatable bonds is 5. The molecule has 3 nitrogen and oxygen atoms in total. The van der Waals surface area contributed by atoms with Gasteiger partial charge in [0, 0.05) is 37.0 Å². The van der Waals surface area contributed by atoms with Crippen LogP contribution in [0.15, 0.2) is 24.3 Å². The molecular formula is C16H24N2O. The number of ether oxygens (including phenoxy) is 1. The van der Waals surface area contributed by atoms with Gasteiger partial charge in [0.05, 0.1) is 6.61 Å². The molecule has 0 aromatic heterocycles. The highest BCUT2D eigenvalue weighted by Crippen LogP contribution is 2.30. The molecule has 1 aromatic carbocycles. The molecule has 3 atom stereocenters. The lowest BCUT2D eigenvalue weighted by molar-refractivity contribution is 0.134. The number of nitrogens with one attached hydrogen (secondary N) is 1. The summed E-state index contributed by atoms with van der Waals surface area (Å²) in [6, 6.07) is 9.21. The van der Waals surface area contributed by atoms with Crippen molar-refractivity contribution in [2.45, 2.75) is 32.4 Å². The second-order valence-corrected chi connectivity index (χ2v) is 5.68. The maximum atomic E-state index is 5.56. The maximum Gasteiger partial charge on any atom is 0.0736 e. The minimum absolute atomic E-state index is 0.640. The molecular weight excluding hydrogens is 236 g/mol. The molecule has 0 saturated carbocycles. The first-order valence-corrected chi connectivity index (χ1v) is 7.51. The van der Waals surface area contributed by atoms with E-state index < -0.39 is 0 Å². The second kappa shape index (κ2) is 5.93. The van der Waals surface area contributed by atoms with E-state index in [9.17, 15) is 0 Å². The van der Waals surface area contributed by atoms with Crippen LogP contribution in [0, 0.1) is 5.92 Å². The van der Waals surface area contributed by atoms with Crippen LogP contribution in [-0.4, -0.2) is 37.2 Å². The summed E-state index contributed by atoms with van der Waals surface area (Å²) in [7, 11) is 0. The number of benzene rings is 1. The van der Waals surface area contributed by atoms with Gasteiger partial charge in [-0.1, -0.05) is 18.2 Å². The summed E-state index contributed by atoms with van der Waals surface area (Å²) in [6.07, 6.45) is 2.62. The Balaban J connectivity index is 1.68. The zero-order chi connectivity index (χ0) is 13.1. The van der Waals surface area contributed by atoms with Gasteiger partial charge in [0.2, 0.25) is 0 Å². The third-order valence-electron chi connectivity index (χ3n) is 4.45. The Morgan fingerprint density at radius 2 is 2.11 bits per heavy atom. The van der Waals surface area contributed by atoms with Crippen molar-refractivity contribution >= 4 is 5.69 Å². The number of fused-ring (bicyclic) bond motifs is 2. The van der Waals surface area contributed by atoms with E-state index in [-0.39, 0.29) is 0 Å². The van der Waals surface area contributed by atoms with E-state index in [1.807, 2.05) is 6.92 Å². The topological polar surface area (TPSA) is 24.5 Å². The fourth-order valence-electron chi connectivity index (χ4n) is 3.34. The molecule has 2 fully saturated rings. The number of anilines is 1. The Hall–Kier alpha value is -1.06. The van der Waals surface area contributed by atoms with Crippen molar-refractivity contribution in [1.29, 1.82) is 0 Å². The fourth-order valence-corrected chi connectivity index (χ4v) is 3.34. The van der Waals surface area contributed by atoms with Crippen molar-refractivity contribution < 1.29 is 4.74 Å². The molecule has 2 aliphatic heterocycles. The third kappa shape index (κ3) is 2.93. The molecule has 1 aromatic rings. The summed E-state index contributed by atoms with van der Waals surface area (Å²) in [5, 5.41) is 3.78. The number of para-hydroxylation sites is 1. The van der Waals surface area contributed by atoms with E-state index in [4.69, 9.17) is 4.74 Å². The monoisotopic (exact) mass is 260 g/mol. The summed E-state index contributed by atoms with van der Waals surface area (Å²) in [6.45, 7) is 7.36. The zero-order valence-corrected chi connectivity index (χ0v) is 11.8. The summed E-state index contributed by atoms with van der Waals surface area (Å²) >= 11 is 0. The van der Waals surface area contributed by atoms with E-state index in [1.165, 1.54) is 43.7 Å². The van der Waals surface area contributed by atoms with Crippen LogP contribution in [0.3, 0.4) is 0 Å². The van der Waals surface area contributed by atoms with Gasteiger partial charge in [-0.05, 0) is 38.3 Å². The van der Waals surface area contributed by atoms with Gasteiger partial charge < -0.3 is 15.0 Å². The Morgan fingerprint density at radius 3 is 3.00 bits per heavy atom. The predicted molar refractivity (Wildman–Crippen MR) is 78.3 cm³/mol. The summed E-state index contributed by atoms with van der Waals surface area (Å²) in [4.78, 5) is 2.59. The van der Waals surface area contributed by atoms with Crippen molar-refractivity contribution in [3.8, 4) is 0 Å². The lowest BCUT2D eigenvalue weighted by atomic mass is 9.93. The van der Waals surface area contributed by atoms with E-state index in [0.29, 0.717) is 12.6 Å². The molecule has 3 rings (SSSR count). The van der Waals surface area contributed by atoms with E-state index in [2.05, 4.69) is 34.5 Å². The zero-order valence-electron chi connectivity index (χ0n) is 11.8. The van der Waals surface area contributed by atoms with Crippen LogP contribution in [0.2, 0.25) is 0 Å². The fraction of sp³-hybridized carbons (Fsp3) is 0.625. The highest BCUT2D eigenvalue weighted by atomic mass is 16.5. The van der Waals surface area contributed by atoms with E-state index in [0.717, 1.165) is 12.5 Å². The number of hydrogen-bond acceptors (Lipinski definition) is 3. The van der Waals surface area contributed by atoms with Crippen molar-refractivity contribution in [2.75, 3.05) is 31.6 Å². The van der Waals surface area contributed by atoms with Gasteiger partial charge in [0.25, 0.3) is 0 Å². The van der Waals surface area contributed by atoms with Crippen LogP contribution in [0.4, 0.5) is 5.69 Å². The molecule has 2 aliphatic rings. The third-order valence-corrected chi connectivity index (χ3v) is 4.45. The van der Waals surface area contributed by atoms with Crippen LogP contribution < -0.4 is 5.32 Å². The standard InChI is InChI=1S/C16H24N2O/c1-2-19-12-14-5-3-4-6-15(14)17-16-8-10-18-9-7-13(16)11-18/h3-6,13,16-17H,2,7-12H2,1H3. The maximum absolute atomic E-state index is 5.56. The Bertz CT molecular complexity index is 421. The average molecular weight is 260 g/mol. The normalized spacial score (nSPS) is 29.4. The van der Waals surface area contributed by atoms with Crippen molar-refractivity contribution in [2.24, 2.45) is 5.92 Å². The van der Waals surface area contributed by atoms with Gasteiger partial charge in [-0.2, -0.15) is 0 Å². The lowest BCUT2D eigenvalue weighted by Crippen LogP contribution is -2.39. The van der Waals surface area contributed by atoms with Crippen molar-refractivity contribution in [3.05, 3.63) is 29.8 Å². The summed E-state index contributed by atoms with van der Waals surface area (Å²) in [5.41, 5.74) is 2.55. The van der Waals surface area contributed by atoms with E-state index >= 15 is 0 Å². The van der Waals surface area contributed by atoms with Crippen molar-refractivity contribution in [3.63, 3.8) is 0 Å². The first-order chi connectivity index (χ1) is 9.36. The molecule has 2 bridgehead atoms. The number of nitrogens with zero attached hydrogens (tertiary/aromatic N) is 1. The van der Waals surface area contributed by atoms with Crippen LogP contribution >= 0.6 is 0 Å². The first kappa shape index (κ1) is 12.9. The van der Waals surface area contributed by atoms with Crippen LogP contribution in [0.25, 0.3) is 0 Å². The van der Waals surface area contributed by atoms with Gasteiger partial charge in [0.1, 0.15) is 0 Å². The largest absolute Gasteiger partial charge is 0.382 e. The first-order valence-electron chi connectivity index (χ1n) is 7.51. The smallest absolute Gasteiger partial charge is 0.0736 e. The quantitative estimate of drug-likeness (QED) is 0.881. The summed E-state index contributed by atoms with van der Waals surface area (Å²) < 4.78 is 5.56. The molecule has 0 amide bonds. The Labute approximate surface area is 115 Å². The lowest BCUT2D eigenvalue weighted by Gasteiger charge is -2.32. The minimum atomic E-state index is 0.640. The molecule has 0 aliphatic carbocycles. The van der Waals surface area contributed by atoms with Gasteiger partial charge >= 0.3 is 0 Å². The number of piperidine rings is 1. The summed E-state index contributed by atoms with van der Waals surface area (Å²) in [5.74, 6) is 0.828. The SMILES string of the molecule is CCOCc1ccccc1NC1CCN2CCC1C2. The van der Waals surface area contributed by atoms with E-state index in [1.54, 1.807) is 0 Å². The van der Waals surface area contributed by atoms with Gasteiger partial charge in [0.15, 0.2) is 0 Å². The molecule has 1 N–H and O–H groups in total. The average Bonchev–Trinajstić information content (AvgIpc) is 2.84. The number of hydrogen-bond donors (Lipinski definition) is 1.